The number of non-ortho nitro benzene ring substituents is 1. The van der Waals surface area contributed by atoms with Crippen LogP contribution in [0.4, 0.5) is 17.1 Å². The van der Waals surface area contributed by atoms with Crippen LogP contribution in [0.15, 0.2) is 41.5 Å². The quantitative estimate of drug-likeness (QED) is 0.446. The highest BCUT2D eigenvalue weighted by atomic mass is 16.6. The van der Waals surface area contributed by atoms with E-state index in [0.717, 1.165) is 12.1 Å². The van der Waals surface area contributed by atoms with Gasteiger partial charge >= 0.3 is 5.69 Å². The van der Waals surface area contributed by atoms with Crippen molar-refractivity contribution in [3.05, 3.63) is 62.2 Å². The number of nitro groups is 2. The molecule has 0 unspecified atom stereocenters. The van der Waals surface area contributed by atoms with Gasteiger partial charge in [-0.05, 0) is 25.1 Å². The summed E-state index contributed by atoms with van der Waals surface area (Å²) < 4.78 is 5.24. The standard InChI is InChI=1S/C15H14N4O6/c1-2-25-14-5-3-4-10(15(14)20)9-16-17-12-7-6-11(18(21)22)8-13(12)19(23)24/h3-9,17,20H,2H2,1H3/b16-9-. The van der Waals surface area contributed by atoms with Gasteiger partial charge in [-0.2, -0.15) is 5.10 Å². The fourth-order valence-corrected chi connectivity index (χ4v) is 1.97. The fraction of sp³-hybridized carbons (Fsp3) is 0.133. The Bertz CT molecular complexity index is 837. The molecule has 10 nitrogen and oxygen atoms in total. The third kappa shape index (κ3) is 4.19. The highest BCUT2D eigenvalue weighted by Crippen LogP contribution is 2.30. The number of hydrogen-bond acceptors (Lipinski definition) is 8. The third-order valence-corrected chi connectivity index (χ3v) is 3.11. The number of hydrazone groups is 1. The number of para-hydroxylation sites is 1. The number of nitrogens with zero attached hydrogens (tertiary/aromatic N) is 3. The predicted octanol–water partition coefficient (Wildman–Crippen LogP) is 3.05. The van der Waals surface area contributed by atoms with E-state index in [1.165, 1.54) is 12.3 Å². The molecule has 2 rings (SSSR count). The molecule has 0 aliphatic rings. The number of phenolic OH excluding ortho intramolecular Hbond substituents is 1. The van der Waals surface area contributed by atoms with Gasteiger partial charge in [0, 0.05) is 11.6 Å². The van der Waals surface area contributed by atoms with E-state index >= 15 is 0 Å². The molecule has 0 atom stereocenters. The number of benzene rings is 2. The Labute approximate surface area is 141 Å². The average Bonchev–Trinajstić information content (AvgIpc) is 2.58. The Morgan fingerprint density at radius 1 is 1.24 bits per heavy atom. The SMILES string of the molecule is CCOc1cccc(/C=N\Nc2ccc([N+](=O)[O-])cc2[N+](=O)[O-])c1O. The van der Waals surface area contributed by atoms with Crippen molar-refractivity contribution >= 4 is 23.3 Å². The first-order valence-corrected chi connectivity index (χ1v) is 7.10. The second kappa shape index (κ2) is 7.73. The summed E-state index contributed by atoms with van der Waals surface area (Å²) in [6.07, 6.45) is 1.25. The van der Waals surface area contributed by atoms with Crippen LogP contribution in [-0.4, -0.2) is 27.8 Å². The van der Waals surface area contributed by atoms with E-state index in [1.807, 2.05) is 0 Å². The first-order valence-electron chi connectivity index (χ1n) is 7.10. The highest BCUT2D eigenvalue weighted by molar-refractivity contribution is 5.85. The molecule has 2 aromatic rings. The zero-order valence-electron chi connectivity index (χ0n) is 13.1. The second-order valence-corrected chi connectivity index (χ2v) is 4.71. The molecule has 0 amide bonds. The van der Waals surface area contributed by atoms with Crippen molar-refractivity contribution in [3.63, 3.8) is 0 Å². The van der Waals surface area contributed by atoms with Gasteiger partial charge in [0.15, 0.2) is 11.5 Å². The maximum absolute atomic E-state index is 11.0. The molecule has 2 N–H and O–H groups in total. The maximum atomic E-state index is 11.0. The Hall–Kier alpha value is -3.69. The molecule has 0 bridgehead atoms. The molecule has 130 valence electrons. The van der Waals surface area contributed by atoms with Crippen LogP contribution >= 0.6 is 0 Å². The van der Waals surface area contributed by atoms with E-state index in [4.69, 9.17) is 4.74 Å². The number of anilines is 1. The Morgan fingerprint density at radius 3 is 2.64 bits per heavy atom. The number of nitro benzene ring substituents is 2. The zero-order valence-corrected chi connectivity index (χ0v) is 13.1. The van der Waals surface area contributed by atoms with Gasteiger partial charge < -0.3 is 9.84 Å². The summed E-state index contributed by atoms with van der Waals surface area (Å²) in [5.74, 6) is 0.167. The number of phenols is 1. The summed E-state index contributed by atoms with van der Waals surface area (Å²) in [5.41, 5.74) is 1.87. The minimum atomic E-state index is -0.752. The second-order valence-electron chi connectivity index (χ2n) is 4.71. The zero-order chi connectivity index (χ0) is 18.4. The average molecular weight is 346 g/mol. The minimum absolute atomic E-state index is 0.0210. The van der Waals surface area contributed by atoms with E-state index in [2.05, 4.69) is 10.5 Å². The van der Waals surface area contributed by atoms with Gasteiger partial charge in [0.1, 0.15) is 5.69 Å². The monoisotopic (exact) mass is 346 g/mol. The number of aromatic hydroxyl groups is 1. The lowest BCUT2D eigenvalue weighted by Gasteiger charge is -2.07. The normalized spacial score (nSPS) is 10.6. The van der Waals surface area contributed by atoms with E-state index in [1.54, 1.807) is 25.1 Å². The molecule has 25 heavy (non-hydrogen) atoms. The van der Waals surface area contributed by atoms with Crippen LogP contribution in [-0.2, 0) is 0 Å². The smallest absolute Gasteiger partial charge is 0.301 e. The largest absolute Gasteiger partial charge is 0.504 e. The summed E-state index contributed by atoms with van der Waals surface area (Å²) in [7, 11) is 0. The predicted molar refractivity (Wildman–Crippen MR) is 90.2 cm³/mol. The van der Waals surface area contributed by atoms with Gasteiger partial charge in [0.25, 0.3) is 5.69 Å². The molecule has 0 spiro atoms. The summed E-state index contributed by atoms with van der Waals surface area (Å²) >= 11 is 0. The van der Waals surface area contributed by atoms with Crippen molar-refractivity contribution in [1.29, 1.82) is 0 Å². The van der Waals surface area contributed by atoms with Crippen LogP contribution in [0.25, 0.3) is 0 Å². The molecule has 0 heterocycles. The van der Waals surface area contributed by atoms with Crippen LogP contribution in [0.1, 0.15) is 12.5 Å². The fourth-order valence-electron chi connectivity index (χ4n) is 1.97. The van der Waals surface area contributed by atoms with Gasteiger partial charge in [-0.1, -0.05) is 6.07 Å². The molecule has 0 aromatic heterocycles. The van der Waals surface area contributed by atoms with Crippen LogP contribution in [0.2, 0.25) is 0 Å². The van der Waals surface area contributed by atoms with Gasteiger partial charge in [-0.25, -0.2) is 0 Å². The van der Waals surface area contributed by atoms with Gasteiger partial charge in [0.05, 0.1) is 28.7 Å². The summed E-state index contributed by atoms with van der Waals surface area (Å²) in [5, 5.41) is 35.6. The molecule has 0 saturated carbocycles. The summed E-state index contributed by atoms with van der Waals surface area (Å²) in [6.45, 7) is 2.15. The van der Waals surface area contributed by atoms with Crippen molar-refractivity contribution in [2.75, 3.05) is 12.0 Å². The number of hydrogen-bond donors (Lipinski definition) is 2. The Morgan fingerprint density at radius 2 is 2.00 bits per heavy atom. The van der Waals surface area contributed by atoms with E-state index in [-0.39, 0.29) is 17.2 Å². The van der Waals surface area contributed by atoms with Crippen LogP contribution < -0.4 is 10.2 Å². The minimum Gasteiger partial charge on any atom is -0.504 e. The molecule has 10 heteroatoms. The lowest BCUT2D eigenvalue weighted by molar-refractivity contribution is -0.393. The van der Waals surface area contributed by atoms with Crippen molar-refractivity contribution in [3.8, 4) is 11.5 Å². The Kier molecular flexibility index (Phi) is 5.46. The van der Waals surface area contributed by atoms with Crippen LogP contribution in [0.5, 0.6) is 11.5 Å². The number of ether oxygens (including phenoxy) is 1. The molecule has 0 aliphatic heterocycles. The van der Waals surface area contributed by atoms with Crippen molar-refractivity contribution < 1.29 is 19.7 Å². The highest BCUT2D eigenvalue weighted by Gasteiger charge is 2.19. The van der Waals surface area contributed by atoms with Crippen LogP contribution in [0.3, 0.4) is 0 Å². The van der Waals surface area contributed by atoms with E-state index in [0.29, 0.717) is 12.2 Å². The summed E-state index contributed by atoms with van der Waals surface area (Å²) in [4.78, 5) is 20.3. The maximum Gasteiger partial charge on any atom is 0.301 e. The van der Waals surface area contributed by atoms with Crippen molar-refractivity contribution in [2.45, 2.75) is 6.92 Å². The molecule has 0 aliphatic carbocycles. The van der Waals surface area contributed by atoms with Crippen molar-refractivity contribution in [2.24, 2.45) is 5.10 Å². The molecule has 0 fully saturated rings. The summed E-state index contributed by atoms with van der Waals surface area (Å²) in [6, 6.07) is 7.96. The lowest BCUT2D eigenvalue weighted by atomic mass is 10.2. The third-order valence-electron chi connectivity index (χ3n) is 3.11. The van der Waals surface area contributed by atoms with Gasteiger partial charge in [-0.3, -0.25) is 25.7 Å². The topological polar surface area (TPSA) is 140 Å². The molecular formula is C15H14N4O6. The number of rotatable bonds is 7. The van der Waals surface area contributed by atoms with E-state index < -0.39 is 21.2 Å². The molecular weight excluding hydrogens is 332 g/mol. The van der Waals surface area contributed by atoms with E-state index in [9.17, 15) is 25.3 Å². The molecule has 0 radical (unpaired) electrons. The van der Waals surface area contributed by atoms with Gasteiger partial charge in [-0.15, -0.1) is 0 Å². The molecule has 0 saturated heterocycles. The van der Waals surface area contributed by atoms with Crippen LogP contribution in [0, 0.1) is 20.2 Å². The first kappa shape index (κ1) is 17.7. The first-order chi connectivity index (χ1) is 11.9. The molecule has 2 aromatic carbocycles. The number of nitrogens with one attached hydrogen (secondary N) is 1. The lowest BCUT2D eigenvalue weighted by Crippen LogP contribution is -1.99. The van der Waals surface area contributed by atoms with Crippen molar-refractivity contribution in [1.82, 2.24) is 0 Å². The Balaban J connectivity index is 2.24. The van der Waals surface area contributed by atoms with Gasteiger partial charge in [0.2, 0.25) is 0 Å².